The Kier molecular flexibility index (Phi) is 189. The molecule has 0 rings (SSSR count). The van der Waals surface area contributed by atoms with E-state index in [1.165, 1.54) is 6.29 Å². The SMILES string of the molecule is C=C[C-]=O.[Fe+2].[Mn+2].[O-2].[Pt+2]. The summed E-state index contributed by atoms with van der Waals surface area (Å²) in [5, 5.41) is 0. The van der Waals surface area contributed by atoms with Crippen LogP contribution in [0.3, 0.4) is 0 Å². The molecule has 0 aromatic carbocycles. The van der Waals surface area contributed by atoms with Gasteiger partial charge in [0.05, 0.1) is 0 Å². The van der Waals surface area contributed by atoms with Gasteiger partial charge in [0.2, 0.25) is 0 Å². The smallest absolute Gasteiger partial charge is 2.00 e. The first-order valence-corrected chi connectivity index (χ1v) is 0.901. The number of allylic oxidation sites excluding steroid dienone is 1. The topological polar surface area (TPSA) is 45.6 Å². The molecule has 0 saturated carbocycles. The first kappa shape index (κ1) is 35.5. The Hall–Kier alpha value is 1.10. The molecule has 0 saturated heterocycles. The average molecular weight is 377 g/mol. The van der Waals surface area contributed by atoms with Gasteiger partial charge < -0.3 is 10.3 Å². The van der Waals surface area contributed by atoms with Crippen molar-refractivity contribution in [2.75, 3.05) is 0 Å². The summed E-state index contributed by atoms with van der Waals surface area (Å²) in [5.74, 6) is 0. The Morgan fingerprint density at radius 2 is 1.62 bits per heavy atom. The van der Waals surface area contributed by atoms with Gasteiger partial charge in [0.25, 0.3) is 0 Å². The first-order chi connectivity index (χ1) is 1.91. The fraction of sp³-hybridized carbons (Fsp3) is 0. The van der Waals surface area contributed by atoms with Gasteiger partial charge in [-0.15, -0.1) is 0 Å². The molecule has 0 aromatic rings. The molecule has 0 spiro atoms. The molecule has 8 heavy (non-hydrogen) atoms. The van der Waals surface area contributed by atoms with Gasteiger partial charge in [-0.2, -0.15) is 0 Å². The number of rotatable bonds is 1. The molecule has 1 radical (unpaired) electrons. The second-order valence-electron chi connectivity index (χ2n) is 0.322. The summed E-state index contributed by atoms with van der Waals surface area (Å²) in [6.07, 6.45) is 2.51. The van der Waals surface area contributed by atoms with E-state index in [0.29, 0.717) is 0 Å². The molecule has 0 atom stereocenters. The van der Waals surface area contributed by atoms with Gasteiger partial charge in [-0.3, -0.25) is 0 Å². The molecule has 5 heteroatoms. The van der Waals surface area contributed by atoms with E-state index in [0.717, 1.165) is 6.08 Å². The van der Waals surface area contributed by atoms with Crippen LogP contribution in [0.15, 0.2) is 12.7 Å². The van der Waals surface area contributed by atoms with E-state index in [9.17, 15) is 0 Å². The van der Waals surface area contributed by atoms with E-state index < -0.39 is 0 Å². The summed E-state index contributed by atoms with van der Waals surface area (Å²) in [7, 11) is 0. The minimum absolute atomic E-state index is 0. The van der Waals surface area contributed by atoms with Crippen LogP contribution in [0, 0.1) is 0 Å². The second-order valence-corrected chi connectivity index (χ2v) is 0.322. The molecule has 0 bridgehead atoms. The third kappa shape index (κ3) is 60.0. The van der Waals surface area contributed by atoms with Crippen LogP contribution in [0.4, 0.5) is 0 Å². The quantitative estimate of drug-likeness (QED) is 0.365. The third-order valence-electron chi connectivity index (χ3n) is 0.0833. The largest absolute Gasteiger partial charge is 2.00 e. The van der Waals surface area contributed by atoms with Crippen molar-refractivity contribution in [1.82, 2.24) is 0 Å². The summed E-state index contributed by atoms with van der Waals surface area (Å²) in [5.41, 5.74) is 0. The van der Waals surface area contributed by atoms with Crippen molar-refractivity contribution in [3.8, 4) is 0 Å². The maximum Gasteiger partial charge on any atom is 2.00 e. The standard InChI is InChI=1S/C3H3O.Fe.Mn.O.Pt/c1-2-3-4;;;;/h2H,1H2;;;;/q-1;2*+2;-2;+2. The molecule has 0 amide bonds. The Labute approximate surface area is 84.0 Å². The zero-order chi connectivity index (χ0) is 3.41. The molecule has 0 N–H and O–H groups in total. The maximum absolute atomic E-state index is 8.93. The van der Waals surface area contributed by atoms with Gasteiger partial charge in [0.1, 0.15) is 0 Å². The van der Waals surface area contributed by atoms with Gasteiger partial charge in [-0.1, -0.05) is 0 Å². The molecule has 0 aromatic heterocycles. The summed E-state index contributed by atoms with van der Waals surface area (Å²) < 4.78 is 0. The van der Waals surface area contributed by atoms with E-state index in [-0.39, 0.29) is 60.7 Å². The van der Waals surface area contributed by atoms with E-state index in [1.807, 2.05) is 0 Å². The second kappa shape index (κ2) is 42.5. The van der Waals surface area contributed by atoms with Crippen molar-refractivity contribution in [1.29, 1.82) is 0 Å². The predicted molar refractivity (Wildman–Crippen MR) is 16.6 cm³/mol. The molecule has 0 unspecified atom stereocenters. The van der Waals surface area contributed by atoms with Crippen molar-refractivity contribution >= 4 is 6.29 Å². The predicted octanol–water partition coefficient (Wildman–Crippen LogP) is 0.156. The molecule has 0 fully saturated rings. The van der Waals surface area contributed by atoms with Crippen molar-refractivity contribution in [2.24, 2.45) is 0 Å². The van der Waals surface area contributed by atoms with Crippen LogP contribution in [0.1, 0.15) is 0 Å². The molecule has 0 aliphatic heterocycles. The van der Waals surface area contributed by atoms with Crippen molar-refractivity contribution < 1.29 is 65.5 Å². The normalized spacial score (nSPS) is 2.50. The fourth-order valence-electron chi connectivity index (χ4n) is 0. The summed E-state index contributed by atoms with van der Waals surface area (Å²) in [6, 6.07) is 0. The van der Waals surface area contributed by atoms with E-state index in [4.69, 9.17) is 4.79 Å². The minimum Gasteiger partial charge on any atom is -2.00 e. The number of carbonyl (C=O) groups excluding carboxylic acids is 1. The molecule has 0 aliphatic carbocycles. The van der Waals surface area contributed by atoms with Gasteiger partial charge >= 0.3 is 55.2 Å². The maximum atomic E-state index is 8.93. The molecule has 49 valence electrons. The first-order valence-electron chi connectivity index (χ1n) is 0.901. The molecular weight excluding hydrogens is 374 g/mol. The Bertz CT molecular complexity index is 38.3. The molecule has 0 heterocycles. The van der Waals surface area contributed by atoms with Gasteiger partial charge in [0, 0.05) is 0 Å². The number of hydrogen-bond acceptors (Lipinski definition) is 1. The van der Waals surface area contributed by atoms with Crippen molar-refractivity contribution in [2.45, 2.75) is 0 Å². The minimum atomic E-state index is 0. The summed E-state index contributed by atoms with van der Waals surface area (Å²) in [6.45, 7) is 3.06. The van der Waals surface area contributed by atoms with Crippen molar-refractivity contribution in [3.05, 3.63) is 12.7 Å². The van der Waals surface area contributed by atoms with Crippen LogP contribution < -0.4 is 0 Å². The molecular formula is C3H3FeMnO2Pt+3. The van der Waals surface area contributed by atoms with Gasteiger partial charge in [-0.05, 0) is 6.29 Å². The van der Waals surface area contributed by atoms with Crippen LogP contribution in [0.25, 0.3) is 0 Å². The van der Waals surface area contributed by atoms with Crippen molar-refractivity contribution in [3.63, 3.8) is 0 Å². The Morgan fingerprint density at radius 1 is 1.50 bits per heavy atom. The zero-order valence-electron chi connectivity index (χ0n) is 3.65. The summed E-state index contributed by atoms with van der Waals surface area (Å²) >= 11 is 0. The third-order valence-corrected chi connectivity index (χ3v) is 0.0833. The van der Waals surface area contributed by atoms with Crippen LogP contribution in [-0.2, 0) is 65.5 Å². The Morgan fingerprint density at radius 3 is 1.62 bits per heavy atom. The summed E-state index contributed by atoms with van der Waals surface area (Å²) in [4.78, 5) is 8.93. The van der Waals surface area contributed by atoms with Gasteiger partial charge in [-0.25, -0.2) is 12.7 Å². The Balaban J connectivity index is -0.00000000750. The zero-order valence-corrected chi connectivity index (χ0v) is 8.21. The van der Waals surface area contributed by atoms with E-state index in [1.54, 1.807) is 0 Å². The van der Waals surface area contributed by atoms with Crippen LogP contribution in [-0.4, -0.2) is 6.29 Å². The average Bonchev–Trinajstić information content (AvgIpc) is 1.37. The monoisotopic (exact) mass is 377 g/mol. The molecule has 0 aliphatic rings. The van der Waals surface area contributed by atoms with Crippen LogP contribution in [0.2, 0.25) is 0 Å². The van der Waals surface area contributed by atoms with E-state index in [2.05, 4.69) is 6.58 Å². The van der Waals surface area contributed by atoms with Gasteiger partial charge in [0.15, 0.2) is 0 Å². The van der Waals surface area contributed by atoms with Crippen LogP contribution >= 0.6 is 0 Å². The van der Waals surface area contributed by atoms with E-state index >= 15 is 0 Å². The van der Waals surface area contributed by atoms with Crippen LogP contribution in [0.5, 0.6) is 0 Å². The molecule has 2 nitrogen and oxygen atoms in total. The fourth-order valence-corrected chi connectivity index (χ4v) is 0. The number of hydrogen-bond donors (Lipinski definition) is 0.